The van der Waals surface area contributed by atoms with Crippen LogP contribution in [-0.2, 0) is 5.54 Å². The van der Waals surface area contributed by atoms with Crippen molar-refractivity contribution < 1.29 is 4.79 Å². The molecule has 1 saturated heterocycles. The molecule has 78 valence electrons. The van der Waals surface area contributed by atoms with E-state index < -0.39 is 0 Å². The standard InChI is InChI=1S/C11H13N3O/c15-10-13-9-4-2-1-3-8(9)11(14-10)5-6-12-7-11/h1-4,12H,5-7H2,(H2,13,14,15). The van der Waals surface area contributed by atoms with Crippen LogP contribution >= 0.6 is 0 Å². The zero-order valence-corrected chi connectivity index (χ0v) is 8.34. The van der Waals surface area contributed by atoms with Crippen LogP contribution in [0, 0.1) is 0 Å². The third-order valence-electron chi connectivity index (χ3n) is 3.20. The second kappa shape index (κ2) is 2.97. The van der Waals surface area contributed by atoms with E-state index in [1.165, 1.54) is 5.56 Å². The first-order chi connectivity index (χ1) is 7.30. The second-order valence-corrected chi connectivity index (χ2v) is 4.13. The van der Waals surface area contributed by atoms with E-state index in [9.17, 15) is 4.79 Å². The predicted octanol–water partition coefficient (Wildman–Crippen LogP) is 1.01. The summed E-state index contributed by atoms with van der Waals surface area (Å²) in [6, 6.07) is 7.89. The van der Waals surface area contributed by atoms with Gasteiger partial charge in [0.2, 0.25) is 0 Å². The van der Waals surface area contributed by atoms with Gasteiger partial charge in [-0.05, 0) is 19.0 Å². The molecule has 0 bridgehead atoms. The Morgan fingerprint density at radius 1 is 1.27 bits per heavy atom. The molecule has 0 aromatic heterocycles. The minimum absolute atomic E-state index is 0.0996. The largest absolute Gasteiger partial charge is 0.327 e. The summed E-state index contributed by atoms with van der Waals surface area (Å²) in [6.07, 6.45) is 0.956. The molecule has 3 rings (SSSR count). The summed E-state index contributed by atoms with van der Waals surface area (Å²) in [7, 11) is 0. The third-order valence-corrected chi connectivity index (χ3v) is 3.20. The van der Waals surface area contributed by atoms with Gasteiger partial charge in [-0.15, -0.1) is 0 Å². The summed E-state index contributed by atoms with van der Waals surface area (Å²) >= 11 is 0. The molecule has 1 unspecified atom stereocenters. The molecule has 3 N–H and O–H groups in total. The van der Waals surface area contributed by atoms with E-state index in [0.717, 1.165) is 25.2 Å². The Balaban J connectivity index is 2.14. The number of amides is 2. The van der Waals surface area contributed by atoms with Crippen LogP contribution in [0.3, 0.4) is 0 Å². The number of carbonyl (C=O) groups is 1. The maximum absolute atomic E-state index is 11.5. The SMILES string of the molecule is O=C1Nc2ccccc2C2(CCNC2)N1. The van der Waals surface area contributed by atoms with Gasteiger partial charge < -0.3 is 16.0 Å². The summed E-state index contributed by atoms with van der Waals surface area (Å²) in [5, 5.41) is 9.17. The van der Waals surface area contributed by atoms with E-state index in [1.54, 1.807) is 0 Å². The van der Waals surface area contributed by atoms with Crippen LogP contribution in [0.5, 0.6) is 0 Å². The van der Waals surface area contributed by atoms with Crippen molar-refractivity contribution in [2.45, 2.75) is 12.0 Å². The van der Waals surface area contributed by atoms with Crippen LogP contribution in [0.25, 0.3) is 0 Å². The lowest BCUT2D eigenvalue weighted by Crippen LogP contribution is -2.52. The molecule has 0 saturated carbocycles. The van der Waals surface area contributed by atoms with Crippen LogP contribution in [0.2, 0.25) is 0 Å². The monoisotopic (exact) mass is 203 g/mol. The van der Waals surface area contributed by atoms with Gasteiger partial charge in [0.25, 0.3) is 0 Å². The first kappa shape index (κ1) is 8.73. The highest BCUT2D eigenvalue weighted by molar-refractivity contribution is 5.93. The summed E-state index contributed by atoms with van der Waals surface area (Å²) < 4.78 is 0. The highest BCUT2D eigenvalue weighted by atomic mass is 16.2. The van der Waals surface area contributed by atoms with E-state index >= 15 is 0 Å². The quantitative estimate of drug-likeness (QED) is 0.589. The van der Waals surface area contributed by atoms with Gasteiger partial charge in [-0.25, -0.2) is 4.79 Å². The van der Waals surface area contributed by atoms with E-state index in [-0.39, 0.29) is 11.6 Å². The van der Waals surface area contributed by atoms with Gasteiger partial charge >= 0.3 is 6.03 Å². The van der Waals surface area contributed by atoms with Crippen molar-refractivity contribution in [1.82, 2.24) is 10.6 Å². The molecule has 1 fully saturated rings. The van der Waals surface area contributed by atoms with Crippen LogP contribution < -0.4 is 16.0 Å². The molecule has 4 nitrogen and oxygen atoms in total. The molecule has 1 spiro atoms. The van der Waals surface area contributed by atoms with Gasteiger partial charge in [-0.1, -0.05) is 18.2 Å². The lowest BCUT2D eigenvalue weighted by atomic mass is 9.86. The van der Waals surface area contributed by atoms with Crippen LogP contribution in [0.15, 0.2) is 24.3 Å². The van der Waals surface area contributed by atoms with Gasteiger partial charge in [0.15, 0.2) is 0 Å². The molecule has 2 aliphatic heterocycles. The molecule has 0 aliphatic carbocycles. The highest BCUT2D eigenvalue weighted by Gasteiger charge is 2.41. The lowest BCUT2D eigenvalue weighted by Gasteiger charge is -2.36. The maximum Gasteiger partial charge on any atom is 0.319 e. The number of carbonyl (C=O) groups excluding carboxylic acids is 1. The Labute approximate surface area is 88.1 Å². The molecule has 4 heteroatoms. The van der Waals surface area contributed by atoms with Crippen molar-refractivity contribution in [3.05, 3.63) is 29.8 Å². The van der Waals surface area contributed by atoms with E-state index in [4.69, 9.17) is 0 Å². The summed E-state index contributed by atoms with van der Waals surface area (Å²) in [5.41, 5.74) is 1.93. The number of hydrogen-bond donors (Lipinski definition) is 3. The molecular formula is C11H13N3O. The minimum atomic E-state index is -0.196. The molecule has 2 heterocycles. The molecule has 2 aliphatic rings. The normalized spacial score (nSPS) is 28.4. The molecule has 2 amide bonds. The number of fused-ring (bicyclic) bond motifs is 2. The number of nitrogens with one attached hydrogen (secondary N) is 3. The highest BCUT2D eigenvalue weighted by Crippen LogP contribution is 2.35. The average Bonchev–Trinajstić information content (AvgIpc) is 2.67. The van der Waals surface area contributed by atoms with E-state index in [1.807, 2.05) is 18.2 Å². The Morgan fingerprint density at radius 3 is 2.93 bits per heavy atom. The number of urea groups is 1. The molecule has 15 heavy (non-hydrogen) atoms. The number of para-hydroxylation sites is 1. The van der Waals surface area contributed by atoms with Crippen molar-refractivity contribution in [2.24, 2.45) is 0 Å². The van der Waals surface area contributed by atoms with Gasteiger partial charge in [0, 0.05) is 17.8 Å². The Morgan fingerprint density at radius 2 is 2.13 bits per heavy atom. The molecular weight excluding hydrogens is 190 g/mol. The van der Waals surface area contributed by atoms with Crippen LogP contribution in [0.4, 0.5) is 10.5 Å². The van der Waals surface area contributed by atoms with Crippen molar-refractivity contribution in [3.63, 3.8) is 0 Å². The van der Waals surface area contributed by atoms with Gasteiger partial charge in [0.05, 0.1) is 5.54 Å². The second-order valence-electron chi connectivity index (χ2n) is 4.13. The zero-order valence-electron chi connectivity index (χ0n) is 8.34. The molecule has 1 atom stereocenters. The Hall–Kier alpha value is -1.55. The minimum Gasteiger partial charge on any atom is -0.327 e. The molecule has 1 aromatic carbocycles. The summed E-state index contributed by atoms with van der Waals surface area (Å²) in [4.78, 5) is 11.5. The van der Waals surface area contributed by atoms with E-state index in [2.05, 4.69) is 22.0 Å². The van der Waals surface area contributed by atoms with E-state index in [0.29, 0.717) is 0 Å². The van der Waals surface area contributed by atoms with Gasteiger partial charge in [0.1, 0.15) is 0 Å². The molecule has 1 aromatic rings. The smallest absolute Gasteiger partial charge is 0.319 e. The average molecular weight is 203 g/mol. The summed E-state index contributed by atoms with van der Waals surface area (Å²) in [6.45, 7) is 1.77. The number of hydrogen-bond acceptors (Lipinski definition) is 2. The first-order valence-corrected chi connectivity index (χ1v) is 5.20. The van der Waals surface area contributed by atoms with Crippen molar-refractivity contribution in [3.8, 4) is 0 Å². The predicted molar refractivity (Wildman–Crippen MR) is 57.8 cm³/mol. The molecule has 0 radical (unpaired) electrons. The third kappa shape index (κ3) is 1.22. The zero-order chi connectivity index (χ0) is 10.3. The van der Waals surface area contributed by atoms with Gasteiger partial charge in [-0.3, -0.25) is 0 Å². The lowest BCUT2D eigenvalue weighted by molar-refractivity contribution is 0.236. The van der Waals surface area contributed by atoms with Crippen molar-refractivity contribution >= 4 is 11.7 Å². The van der Waals surface area contributed by atoms with Crippen molar-refractivity contribution in [1.29, 1.82) is 0 Å². The topological polar surface area (TPSA) is 53.2 Å². The maximum atomic E-state index is 11.5. The fourth-order valence-electron chi connectivity index (χ4n) is 2.48. The first-order valence-electron chi connectivity index (χ1n) is 5.20. The number of anilines is 1. The van der Waals surface area contributed by atoms with Crippen LogP contribution in [0.1, 0.15) is 12.0 Å². The Bertz CT molecular complexity index is 410. The fourth-order valence-corrected chi connectivity index (χ4v) is 2.48. The number of benzene rings is 1. The Kier molecular flexibility index (Phi) is 1.73. The fraction of sp³-hybridized carbons (Fsp3) is 0.364. The van der Waals surface area contributed by atoms with Crippen molar-refractivity contribution in [2.75, 3.05) is 18.4 Å². The van der Waals surface area contributed by atoms with Gasteiger partial charge in [-0.2, -0.15) is 0 Å². The number of rotatable bonds is 0. The van der Waals surface area contributed by atoms with Crippen LogP contribution in [-0.4, -0.2) is 19.1 Å². The summed E-state index contributed by atoms with van der Waals surface area (Å²) in [5.74, 6) is 0.